The van der Waals surface area contributed by atoms with Gasteiger partial charge in [0.05, 0.1) is 25.7 Å². The van der Waals surface area contributed by atoms with Crippen LogP contribution in [-0.2, 0) is 16.0 Å². The van der Waals surface area contributed by atoms with Crippen LogP contribution in [0.4, 0.5) is 0 Å². The van der Waals surface area contributed by atoms with Crippen molar-refractivity contribution in [2.24, 2.45) is 0 Å². The molecule has 0 aliphatic carbocycles. The molecule has 1 aliphatic heterocycles. The Morgan fingerprint density at radius 2 is 1.79 bits per heavy atom. The normalized spacial score (nSPS) is 15.9. The lowest BCUT2D eigenvalue weighted by Crippen LogP contribution is -2.44. The van der Waals surface area contributed by atoms with Gasteiger partial charge in [-0.25, -0.2) is 0 Å². The van der Waals surface area contributed by atoms with E-state index in [4.69, 9.17) is 4.74 Å². The van der Waals surface area contributed by atoms with E-state index in [0.29, 0.717) is 13.0 Å². The fourth-order valence-electron chi connectivity index (χ4n) is 4.15. The van der Waals surface area contributed by atoms with Crippen molar-refractivity contribution in [3.63, 3.8) is 0 Å². The summed E-state index contributed by atoms with van der Waals surface area (Å²) in [7, 11) is 0. The van der Waals surface area contributed by atoms with E-state index in [0.717, 1.165) is 31.9 Å². The molecule has 150 valence electrons. The van der Waals surface area contributed by atoms with E-state index < -0.39 is 0 Å². The number of amides is 1. The minimum absolute atomic E-state index is 0.0640. The first-order valence-electron chi connectivity index (χ1n) is 10.3. The number of ether oxygens (including phenoxy) is 1. The predicted octanol–water partition coefficient (Wildman–Crippen LogP) is 3.88. The Balaban J connectivity index is 1.54. The van der Waals surface area contributed by atoms with Crippen LogP contribution in [0, 0.1) is 6.92 Å². The Morgan fingerprint density at radius 1 is 1.03 bits per heavy atom. The summed E-state index contributed by atoms with van der Waals surface area (Å²) in [6, 6.07) is 23.2. The molecule has 0 bridgehead atoms. The molecule has 1 saturated heterocycles. The molecule has 1 fully saturated rings. The molecule has 29 heavy (non-hydrogen) atoms. The quantitative estimate of drug-likeness (QED) is 0.697. The van der Waals surface area contributed by atoms with E-state index in [9.17, 15) is 4.79 Å². The molecule has 1 amide bonds. The van der Waals surface area contributed by atoms with E-state index in [1.54, 1.807) is 0 Å². The van der Waals surface area contributed by atoms with Crippen LogP contribution in [0.5, 0.6) is 0 Å². The molecule has 0 unspecified atom stereocenters. The number of benzene rings is 3. The number of carbonyl (C=O) groups is 1. The van der Waals surface area contributed by atoms with Crippen molar-refractivity contribution in [1.82, 2.24) is 10.2 Å². The number of nitrogens with zero attached hydrogens (tertiary/aromatic N) is 1. The third-order valence-corrected chi connectivity index (χ3v) is 5.61. The zero-order valence-corrected chi connectivity index (χ0v) is 16.9. The van der Waals surface area contributed by atoms with Gasteiger partial charge in [0.25, 0.3) is 0 Å². The lowest BCUT2D eigenvalue weighted by atomic mass is 9.97. The van der Waals surface area contributed by atoms with E-state index in [-0.39, 0.29) is 11.9 Å². The number of nitrogens with one attached hydrogen (secondary N) is 1. The minimum Gasteiger partial charge on any atom is -0.379 e. The van der Waals surface area contributed by atoms with Crippen LogP contribution in [0.3, 0.4) is 0 Å². The fourth-order valence-corrected chi connectivity index (χ4v) is 4.15. The molecule has 0 radical (unpaired) electrons. The smallest absolute Gasteiger partial charge is 0.224 e. The molecule has 4 rings (SSSR count). The van der Waals surface area contributed by atoms with E-state index >= 15 is 0 Å². The highest BCUT2D eigenvalue weighted by molar-refractivity contribution is 5.86. The van der Waals surface area contributed by atoms with Crippen molar-refractivity contribution in [3.05, 3.63) is 83.4 Å². The first-order chi connectivity index (χ1) is 14.2. The van der Waals surface area contributed by atoms with Crippen molar-refractivity contribution in [2.45, 2.75) is 19.4 Å². The van der Waals surface area contributed by atoms with Crippen LogP contribution in [0.2, 0.25) is 0 Å². The van der Waals surface area contributed by atoms with Gasteiger partial charge < -0.3 is 10.1 Å². The molecule has 1 heterocycles. The lowest BCUT2D eigenvalue weighted by Gasteiger charge is -2.35. The Bertz CT molecular complexity index is 974. The number of aryl methyl sites for hydroxylation is 1. The maximum absolute atomic E-state index is 12.7. The zero-order valence-electron chi connectivity index (χ0n) is 16.9. The molecular formula is C25H28N2O2. The maximum atomic E-state index is 12.7. The van der Waals surface area contributed by atoms with Crippen LogP contribution in [0.1, 0.15) is 22.7 Å². The third kappa shape index (κ3) is 4.84. The van der Waals surface area contributed by atoms with Gasteiger partial charge in [0, 0.05) is 19.6 Å². The van der Waals surface area contributed by atoms with Crippen LogP contribution < -0.4 is 5.32 Å². The highest BCUT2D eigenvalue weighted by Crippen LogP contribution is 2.28. The highest BCUT2D eigenvalue weighted by atomic mass is 16.5. The molecule has 0 spiro atoms. The van der Waals surface area contributed by atoms with Crippen molar-refractivity contribution >= 4 is 16.7 Å². The summed E-state index contributed by atoms with van der Waals surface area (Å²) in [6.07, 6.45) is 0.410. The van der Waals surface area contributed by atoms with E-state index in [1.165, 1.54) is 21.9 Å². The SMILES string of the molecule is Cc1cccc(CC(=O)NC[C@H](c2cccc3ccccc23)N2CCOCC2)c1. The Labute approximate surface area is 172 Å². The highest BCUT2D eigenvalue weighted by Gasteiger charge is 2.24. The average Bonchev–Trinajstić information content (AvgIpc) is 2.75. The summed E-state index contributed by atoms with van der Waals surface area (Å²) in [5.74, 6) is 0.0640. The minimum atomic E-state index is 0.0640. The van der Waals surface area contributed by atoms with Crippen LogP contribution in [-0.4, -0.2) is 43.7 Å². The second kappa shape index (κ2) is 9.21. The molecule has 1 N–H and O–H groups in total. The van der Waals surface area contributed by atoms with Crippen molar-refractivity contribution in [2.75, 3.05) is 32.8 Å². The number of hydrogen-bond acceptors (Lipinski definition) is 3. The van der Waals surface area contributed by atoms with Crippen molar-refractivity contribution in [1.29, 1.82) is 0 Å². The molecule has 4 heteroatoms. The standard InChI is InChI=1S/C25H28N2O2/c1-19-6-4-7-20(16-19)17-25(28)26-18-24(27-12-14-29-15-13-27)23-11-5-9-21-8-2-3-10-22(21)23/h2-11,16,24H,12-15,17-18H2,1H3,(H,26,28)/t24-/m1/s1. The maximum Gasteiger partial charge on any atom is 0.224 e. The molecule has 1 aliphatic rings. The zero-order chi connectivity index (χ0) is 20.1. The first-order valence-corrected chi connectivity index (χ1v) is 10.3. The van der Waals surface area contributed by atoms with Gasteiger partial charge in [-0.05, 0) is 28.8 Å². The van der Waals surface area contributed by atoms with Crippen LogP contribution >= 0.6 is 0 Å². The second-order valence-corrected chi connectivity index (χ2v) is 7.70. The molecule has 3 aromatic rings. The van der Waals surface area contributed by atoms with Crippen molar-refractivity contribution in [3.8, 4) is 0 Å². The first kappa shape index (κ1) is 19.6. The topological polar surface area (TPSA) is 41.6 Å². The van der Waals surface area contributed by atoms with Crippen LogP contribution in [0.15, 0.2) is 66.7 Å². The summed E-state index contributed by atoms with van der Waals surface area (Å²) in [5.41, 5.74) is 3.49. The van der Waals surface area contributed by atoms with Gasteiger partial charge in [0.1, 0.15) is 0 Å². The van der Waals surface area contributed by atoms with Gasteiger partial charge in [0.2, 0.25) is 5.91 Å². The van der Waals surface area contributed by atoms with Crippen LogP contribution in [0.25, 0.3) is 10.8 Å². The second-order valence-electron chi connectivity index (χ2n) is 7.70. The Hall–Kier alpha value is -2.69. The summed E-state index contributed by atoms with van der Waals surface area (Å²) in [5, 5.41) is 5.67. The Morgan fingerprint density at radius 3 is 2.62 bits per heavy atom. The van der Waals surface area contributed by atoms with Gasteiger partial charge in [-0.2, -0.15) is 0 Å². The number of fused-ring (bicyclic) bond motifs is 1. The fraction of sp³-hybridized carbons (Fsp3) is 0.320. The third-order valence-electron chi connectivity index (χ3n) is 5.61. The average molecular weight is 389 g/mol. The van der Waals surface area contributed by atoms with Gasteiger partial charge in [-0.15, -0.1) is 0 Å². The van der Waals surface area contributed by atoms with Gasteiger partial charge in [-0.1, -0.05) is 72.3 Å². The largest absolute Gasteiger partial charge is 0.379 e. The number of rotatable bonds is 6. The Kier molecular flexibility index (Phi) is 6.23. The molecule has 3 aromatic carbocycles. The van der Waals surface area contributed by atoms with E-state index in [1.807, 2.05) is 12.1 Å². The summed E-state index contributed by atoms with van der Waals surface area (Å²) in [6.45, 7) is 5.87. The van der Waals surface area contributed by atoms with Gasteiger partial charge in [0.15, 0.2) is 0 Å². The van der Waals surface area contributed by atoms with E-state index in [2.05, 4.69) is 71.7 Å². The molecule has 4 nitrogen and oxygen atoms in total. The number of morpholine rings is 1. The molecule has 0 aromatic heterocycles. The predicted molar refractivity (Wildman–Crippen MR) is 117 cm³/mol. The number of carbonyl (C=O) groups excluding carboxylic acids is 1. The summed E-state index contributed by atoms with van der Waals surface area (Å²) >= 11 is 0. The lowest BCUT2D eigenvalue weighted by molar-refractivity contribution is -0.120. The summed E-state index contributed by atoms with van der Waals surface area (Å²) in [4.78, 5) is 15.1. The van der Waals surface area contributed by atoms with Gasteiger partial charge in [-0.3, -0.25) is 9.69 Å². The number of hydrogen-bond donors (Lipinski definition) is 1. The van der Waals surface area contributed by atoms with Gasteiger partial charge >= 0.3 is 0 Å². The molecule has 1 atom stereocenters. The summed E-state index contributed by atoms with van der Waals surface area (Å²) < 4.78 is 5.56. The van der Waals surface area contributed by atoms with Crippen molar-refractivity contribution < 1.29 is 9.53 Å². The molecular weight excluding hydrogens is 360 g/mol. The molecule has 0 saturated carbocycles. The monoisotopic (exact) mass is 388 g/mol.